The fourth-order valence-corrected chi connectivity index (χ4v) is 2.60. The van der Waals surface area contributed by atoms with Gasteiger partial charge in [-0.3, -0.25) is 4.90 Å². The Balaban J connectivity index is 1.95. The molecule has 0 radical (unpaired) electrons. The maximum atomic E-state index is 9.83. The van der Waals surface area contributed by atoms with Crippen molar-refractivity contribution in [3.63, 3.8) is 0 Å². The van der Waals surface area contributed by atoms with Crippen LogP contribution in [-0.2, 0) is 6.54 Å². The van der Waals surface area contributed by atoms with Crippen LogP contribution in [-0.4, -0.2) is 29.2 Å². The molecule has 1 heterocycles. The molecular formula is C13H18BrNO. The monoisotopic (exact) mass is 283 g/mol. The van der Waals surface area contributed by atoms with Gasteiger partial charge < -0.3 is 5.11 Å². The largest absolute Gasteiger partial charge is 0.392 e. The lowest BCUT2D eigenvalue weighted by molar-refractivity contribution is 0.0259. The van der Waals surface area contributed by atoms with Gasteiger partial charge in [-0.25, -0.2) is 0 Å². The molecule has 2 rings (SSSR count). The summed E-state index contributed by atoms with van der Waals surface area (Å²) in [6.07, 6.45) is 0.927. The second-order valence-corrected chi connectivity index (χ2v) is 5.61. The van der Waals surface area contributed by atoms with Crippen LogP contribution in [0.3, 0.4) is 0 Å². The van der Waals surface area contributed by atoms with Gasteiger partial charge >= 0.3 is 0 Å². The summed E-state index contributed by atoms with van der Waals surface area (Å²) in [6.45, 7) is 4.95. The van der Waals surface area contributed by atoms with Crippen LogP contribution in [0.1, 0.15) is 18.9 Å². The van der Waals surface area contributed by atoms with Crippen molar-refractivity contribution in [2.75, 3.05) is 13.1 Å². The fourth-order valence-electron chi connectivity index (χ4n) is 2.15. The molecule has 1 aromatic rings. The third-order valence-corrected chi connectivity index (χ3v) is 3.79. The van der Waals surface area contributed by atoms with Crippen LogP contribution < -0.4 is 0 Å². The Morgan fingerprint density at radius 2 is 2.31 bits per heavy atom. The lowest BCUT2D eigenvalue weighted by Gasteiger charge is -2.34. The molecule has 1 aromatic carbocycles. The number of halogens is 1. The lowest BCUT2D eigenvalue weighted by Crippen LogP contribution is -2.42. The van der Waals surface area contributed by atoms with Crippen LogP contribution in [0.5, 0.6) is 0 Å². The molecule has 0 spiro atoms. The highest BCUT2D eigenvalue weighted by atomic mass is 79.9. The molecule has 3 heteroatoms. The van der Waals surface area contributed by atoms with E-state index in [1.54, 1.807) is 0 Å². The maximum absolute atomic E-state index is 9.83. The summed E-state index contributed by atoms with van der Waals surface area (Å²) in [6, 6.07) is 8.37. The van der Waals surface area contributed by atoms with Crippen molar-refractivity contribution < 1.29 is 5.11 Å². The zero-order chi connectivity index (χ0) is 11.5. The van der Waals surface area contributed by atoms with E-state index in [0.29, 0.717) is 5.92 Å². The first kappa shape index (κ1) is 12.1. The first-order valence-electron chi connectivity index (χ1n) is 5.80. The van der Waals surface area contributed by atoms with Gasteiger partial charge in [-0.05, 0) is 36.6 Å². The van der Waals surface area contributed by atoms with Gasteiger partial charge in [0.25, 0.3) is 0 Å². The van der Waals surface area contributed by atoms with Crippen molar-refractivity contribution in [1.29, 1.82) is 0 Å². The van der Waals surface area contributed by atoms with Crippen LogP contribution in [0.25, 0.3) is 0 Å². The van der Waals surface area contributed by atoms with Gasteiger partial charge in [0.05, 0.1) is 6.10 Å². The molecule has 16 heavy (non-hydrogen) atoms. The van der Waals surface area contributed by atoms with Crippen molar-refractivity contribution in [2.24, 2.45) is 5.92 Å². The zero-order valence-corrected chi connectivity index (χ0v) is 11.2. The molecule has 1 N–H and O–H groups in total. The van der Waals surface area contributed by atoms with Crippen LogP contribution in [0.2, 0.25) is 0 Å². The van der Waals surface area contributed by atoms with E-state index in [1.807, 2.05) is 6.07 Å². The Hall–Kier alpha value is -0.380. The lowest BCUT2D eigenvalue weighted by atomic mass is 9.96. The summed E-state index contributed by atoms with van der Waals surface area (Å²) in [5.41, 5.74) is 1.30. The number of aliphatic hydroxyl groups is 1. The number of nitrogens with zero attached hydrogens (tertiary/aromatic N) is 1. The molecule has 0 aliphatic carbocycles. The van der Waals surface area contributed by atoms with Crippen LogP contribution in [0.4, 0.5) is 0 Å². The number of rotatable bonds is 2. The quantitative estimate of drug-likeness (QED) is 0.902. The summed E-state index contributed by atoms with van der Waals surface area (Å²) in [4.78, 5) is 2.33. The second kappa shape index (κ2) is 5.30. The maximum Gasteiger partial charge on any atom is 0.0693 e. The standard InChI is InChI=1S/C13H18BrNO/c1-10-5-6-15(9-13(10)16)8-11-3-2-4-12(14)7-11/h2-4,7,10,13,16H,5-6,8-9H2,1H3. The average Bonchev–Trinajstić information content (AvgIpc) is 2.24. The minimum Gasteiger partial charge on any atom is -0.392 e. The molecule has 2 nitrogen and oxygen atoms in total. The SMILES string of the molecule is CC1CCN(Cc2cccc(Br)c2)CC1O. The first-order chi connectivity index (χ1) is 7.65. The van der Waals surface area contributed by atoms with Gasteiger partial charge in [0.1, 0.15) is 0 Å². The summed E-state index contributed by atoms with van der Waals surface area (Å²) in [5.74, 6) is 0.443. The van der Waals surface area contributed by atoms with Crippen molar-refractivity contribution in [2.45, 2.75) is 26.0 Å². The topological polar surface area (TPSA) is 23.5 Å². The minimum atomic E-state index is -0.166. The van der Waals surface area contributed by atoms with Crippen molar-refractivity contribution in [1.82, 2.24) is 4.90 Å². The van der Waals surface area contributed by atoms with Gasteiger partial charge in [0.2, 0.25) is 0 Å². The van der Waals surface area contributed by atoms with Crippen LogP contribution in [0.15, 0.2) is 28.7 Å². The summed E-state index contributed by atoms with van der Waals surface area (Å²) < 4.78 is 1.12. The predicted octanol–water partition coefficient (Wildman–Crippen LogP) is 2.65. The number of piperidine rings is 1. The van der Waals surface area contributed by atoms with Crippen LogP contribution in [0, 0.1) is 5.92 Å². The third-order valence-electron chi connectivity index (χ3n) is 3.30. The molecule has 1 saturated heterocycles. The number of hydrogen-bond acceptors (Lipinski definition) is 2. The molecular weight excluding hydrogens is 266 g/mol. The van der Waals surface area contributed by atoms with Gasteiger partial charge in [-0.15, -0.1) is 0 Å². The summed E-state index contributed by atoms with van der Waals surface area (Å²) in [5, 5.41) is 9.83. The molecule has 2 atom stereocenters. The Morgan fingerprint density at radius 3 is 3.00 bits per heavy atom. The van der Waals surface area contributed by atoms with E-state index in [0.717, 1.165) is 30.5 Å². The Labute approximate surface area is 105 Å². The average molecular weight is 284 g/mol. The van der Waals surface area contributed by atoms with E-state index in [2.05, 4.69) is 46.0 Å². The highest BCUT2D eigenvalue weighted by Crippen LogP contribution is 2.20. The number of aliphatic hydroxyl groups excluding tert-OH is 1. The number of hydrogen-bond donors (Lipinski definition) is 1. The van der Waals surface area contributed by atoms with E-state index in [9.17, 15) is 5.11 Å². The molecule has 1 aliphatic heterocycles. The normalized spacial score (nSPS) is 26.9. The molecule has 1 fully saturated rings. The van der Waals surface area contributed by atoms with E-state index in [1.165, 1.54) is 5.56 Å². The van der Waals surface area contributed by atoms with E-state index in [4.69, 9.17) is 0 Å². The summed E-state index contributed by atoms with van der Waals surface area (Å²) in [7, 11) is 0. The van der Waals surface area contributed by atoms with Crippen LogP contribution >= 0.6 is 15.9 Å². The van der Waals surface area contributed by atoms with Gasteiger partial charge in [0, 0.05) is 17.6 Å². The Bertz CT molecular complexity index is 356. The predicted molar refractivity (Wildman–Crippen MR) is 69.2 cm³/mol. The van der Waals surface area contributed by atoms with Crippen molar-refractivity contribution in [3.05, 3.63) is 34.3 Å². The fraction of sp³-hybridized carbons (Fsp3) is 0.538. The van der Waals surface area contributed by atoms with Gasteiger partial charge in [0.15, 0.2) is 0 Å². The number of β-amino-alcohol motifs (C(OH)–C–C–N with tert-alkyl or cyclic N) is 1. The molecule has 2 unspecified atom stereocenters. The smallest absolute Gasteiger partial charge is 0.0693 e. The van der Waals surface area contributed by atoms with E-state index in [-0.39, 0.29) is 6.10 Å². The highest BCUT2D eigenvalue weighted by Gasteiger charge is 2.23. The van der Waals surface area contributed by atoms with Gasteiger partial charge in [-0.1, -0.05) is 35.0 Å². The molecule has 0 bridgehead atoms. The van der Waals surface area contributed by atoms with Crippen molar-refractivity contribution >= 4 is 15.9 Å². The van der Waals surface area contributed by atoms with E-state index >= 15 is 0 Å². The van der Waals surface area contributed by atoms with Gasteiger partial charge in [-0.2, -0.15) is 0 Å². The molecule has 0 amide bonds. The number of likely N-dealkylation sites (tertiary alicyclic amines) is 1. The second-order valence-electron chi connectivity index (χ2n) is 4.70. The minimum absolute atomic E-state index is 0.166. The third kappa shape index (κ3) is 3.06. The molecule has 0 aromatic heterocycles. The summed E-state index contributed by atoms with van der Waals surface area (Å²) >= 11 is 3.48. The molecule has 1 aliphatic rings. The Kier molecular flexibility index (Phi) is 4.00. The number of benzene rings is 1. The molecule has 0 saturated carbocycles. The Morgan fingerprint density at radius 1 is 1.50 bits per heavy atom. The first-order valence-corrected chi connectivity index (χ1v) is 6.59. The zero-order valence-electron chi connectivity index (χ0n) is 9.56. The van der Waals surface area contributed by atoms with Crippen molar-refractivity contribution in [3.8, 4) is 0 Å². The molecule has 88 valence electrons. The highest BCUT2D eigenvalue weighted by molar-refractivity contribution is 9.10. The van der Waals surface area contributed by atoms with E-state index < -0.39 is 0 Å².